The first-order chi connectivity index (χ1) is 17.1. The van der Waals surface area contributed by atoms with Crippen LogP contribution in [0.2, 0.25) is 0 Å². The number of pyridine rings is 2. The summed E-state index contributed by atoms with van der Waals surface area (Å²) >= 11 is 0. The third kappa shape index (κ3) is 5.12. The Labute approximate surface area is 201 Å². The lowest BCUT2D eigenvalue weighted by atomic mass is 10.2. The van der Waals surface area contributed by atoms with Gasteiger partial charge in [-0.1, -0.05) is 12.1 Å². The van der Waals surface area contributed by atoms with E-state index in [9.17, 15) is 9.18 Å². The van der Waals surface area contributed by atoms with Gasteiger partial charge in [-0.05, 0) is 43.2 Å². The molecule has 0 spiro atoms. The van der Waals surface area contributed by atoms with E-state index in [4.69, 9.17) is 4.74 Å². The van der Waals surface area contributed by atoms with Crippen molar-refractivity contribution in [2.24, 2.45) is 7.05 Å². The first-order valence-electron chi connectivity index (χ1n) is 11.3. The molecule has 1 aromatic carbocycles. The molecule has 10 heteroatoms. The molecule has 1 aliphatic rings. The van der Waals surface area contributed by atoms with Gasteiger partial charge in [-0.2, -0.15) is 0 Å². The zero-order valence-corrected chi connectivity index (χ0v) is 19.1. The number of halogens is 1. The fraction of sp³-hybridized carbons (Fsp3) is 0.200. The van der Waals surface area contributed by atoms with Crippen molar-refractivity contribution in [1.29, 1.82) is 0 Å². The number of anilines is 3. The summed E-state index contributed by atoms with van der Waals surface area (Å²) in [5.41, 5.74) is 3.98. The Balaban J connectivity index is 1.30. The number of hydrogen-bond acceptors (Lipinski definition) is 8. The summed E-state index contributed by atoms with van der Waals surface area (Å²) in [5, 5.41) is 4.98. The molecule has 0 bridgehead atoms. The molecule has 178 valence electrons. The van der Waals surface area contributed by atoms with Gasteiger partial charge < -0.3 is 15.5 Å². The van der Waals surface area contributed by atoms with Crippen LogP contribution in [-0.2, 0) is 7.05 Å². The summed E-state index contributed by atoms with van der Waals surface area (Å²) in [6.45, 7) is 1.99. The average molecular weight is 474 g/mol. The highest BCUT2D eigenvalue weighted by atomic mass is 19.1. The molecule has 4 aromatic rings. The number of benzene rings is 1. The zero-order valence-electron chi connectivity index (χ0n) is 19.1. The van der Waals surface area contributed by atoms with E-state index in [0.717, 1.165) is 13.1 Å². The molecule has 9 nitrogen and oxygen atoms in total. The van der Waals surface area contributed by atoms with Crippen LogP contribution < -0.4 is 21.0 Å². The molecule has 0 aliphatic carbocycles. The molecule has 0 amide bonds. The molecular formula is C25H24FN7O2. The van der Waals surface area contributed by atoms with Crippen LogP contribution in [0.4, 0.5) is 21.8 Å². The van der Waals surface area contributed by atoms with Gasteiger partial charge in [0, 0.05) is 38.6 Å². The Morgan fingerprint density at radius 1 is 0.971 bits per heavy atom. The highest BCUT2D eigenvalue weighted by molar-refractivity contribution is 5.60. The smallest absolute Gasteiger partial charge is 0.264 e. The number of para-hydroxylation sites is 1. The molecular weight excluding hydrogens is 449 g/mol. The SMILES string of the molecule is Cn1c(Nc2ccccc2F)ncc(-c2ccc(Oc3ccnc(NN4CCCC4)c3)cn2)c1=O. The van der Waals surface area contributed by atoms with Crippen LogP contribution in [0, 0.1) is 5.82 Å². The van der Waals surface area contributed by atoms with Gasteiger partial charge in [0.2, 0.25) is 5.95 Å². The summed E-state index contributed by atoms with van der Waals surface area (Å²) in [6, 6.07) is 13.2. The van der Waals surface area contributed by atoms with E-state index >= 15 is 0 Å². The van der Waals surface area contributed by atoms with Gasteiger partial charge in [0.15, 0.2) is 0 Å². The average Bonchev–Trinajstić information content (AvgIpc) is 3.37. The van der Waals surface area contributed by atoms with E-state index < -0.39 is 5.82 Å². The molecule has 0 saturated carbocycles. The second-order valence-corrected chi connectivity index (χ2v) is 8.13. The molecule has 1 fully saturated rings. The normalized spacial score (nSPS) is 13.5. The fourth-order valence-electron chi connectivity index (χ4n) is 3.78. The highest BCUT2D eigenvalue weighted by Gasteiger charge is 2.14. The summed E-state index contributed by atoms with van der Waals surface area (Å²) in [5.74, 6) is 1.65. The van der Waals surface area contributed by atoms with E-state index in [2.05, 4.69) is 30.7 Å². The standard InChI is InChI=1S/C25H24FN7O2/c1-32-24(34)19(16-29-25(32)30-22-7-3-2-6-20(22)26)21-9-8-18(15-28-21)35-17-10-11-27-23(14-17)31-33-12-4-5-13-33/h2-3,6-11,14-16H,4-5,12-13H2,1H3,(H,27,31)(H,29,30). The number of nitrogens with zero attached hydrogens (tertiary/aromatic N) is 5. The number of hydrazine groups is 1. The van der Waals surface area contributed by atoms with Crippen LogP contribution in [0.3, 0.4) is 0 Å². The Hall–Kier alpha value is -4.31. The van der Waals surface area contributed by atoms with Gasteiger partial charge in [-0.25, -0.2) is 19.4 Å². The molecule has 5 rings (SSSR count). The first-order valence-corrected chi connectivity index (χ1v) is 11.3. The van der Waals surface area contributed by atoms with E-state index in [1.54, 1.807) is 55.8 Å². The number of nitrogens with one attached hydrogen (secondary N) is 2. The van der Waals surface area contributed by atoms with Crippen LogP contribution in [0.5, 0.6) is 11.5 Å². The highest BCUT2D eigenvalue weighted by Crippen LogP contribution is 2.25. The molecule has 0 radical (unpaired) electrons. The Morgan fingerprint density at radius 2 is 1.80 bits per heavy atom. The minimum atomic E-state index is -0.434. The number of ether oxygens (including phenoxy) is 1. The summed E-state index contributed by atoms with van der Waals surface area (Å²) in [7, 11) is 1.57. The van der Waals surface area contributed by atoms with Crippen LogP contribution in [0.15, 0.2) is 71.9 Å². The first kappa shape index (κ1) is 22.5. The van der Waals surface area contributed by atoms with Crippen LogP contribution in [0.1, 0.15) is 12.8 Å². The number of hydrogen-bond donors (Lipinski definition) is 2. The van der Waals surface area contributed by atoms with Crippen molar-refractivity contribution in [1.82, 2.24) is 24.5 Å². The van der Waals surface area contributed by atoms with Gasteiger partial charge in [0.25, 0.3) is 5.56 Å². The van der Waals surface area contributed by atoms with Crippen molar-refractivity contribution in [3.05, 3.63) is 83.3 Å². The van der Waals surface area contributed by atoms with Gasteiger partial charge in [-0.15, -0.1) is 0 Å². The van der Waals surface area contributed by atoms with Crippen LogP contribution >= 0.6 is 0 Å². The maximum Gasteiger partial charge on any atom is 0.264 e. The zero-order chi connectivity index (χ0) is 24.2. The fourth-order valence-corrected chi connectivity index (χ4v) is 3.78. The van der Waals surface area contributed by atoms with Crippen molar-refractivity contribution in [2.75, 3.05) is 23.8 Å². The topological polar surface area (TPSA) is 97.2 Å². The molecule has 1 aliphatic heterocycles. The molecule has 3 aromatic heterocycles. The molecule has 2 N–H and O–H groups in total. The molecule has 35 heavy (non-hydrogen) atoms. The Morgan fingerprint density at radius 3 is 2.57 bits per heavy atom. The largest absolute Gasteiger partial charge is 0.456 e. The maximum absolute atomic E-state index is 14.0. The third-order valence-corrected chi connectivity index (χ3v) is 5.65. The summed E-state index contributed by atoms with van der Waals surface area (Å²) < 4.78 is 21.2. The lowest BCUT2D eigenvalue weighted by Crippen LogP contribution is -2.26. The van der Waals surface area contributed by atoms with Crippen molar-refractivity contribution < 1.29 is 9.13 Å². The number of rotatable bonds is 7. The van der Waals surface area contributed by atoms with E-state index in [0.29, 0.717) is 28.6 Å². The third-order valence-electron chi connectivity index (χ3n) is 5.65. The van der Waals surface area contributed by atoms with Gasteiger partial charge in [0.05, 0.1) is 23.1 Å². The Kier molecular flexibility index (Phi) is 6.36. The van der Waals surface area contributed by atoms with Crippen LogP contribution in [-0.4, -0.2) is 37.6 Å². The predicted molar refractivity (Wildman–Crippen MR) is 131 cm³/mol. The number of aromatic nitrogens is 4. The second-order valence-electron chi connectivity index (χ2n) is 8.13. The molecule has 4 heterocycles. The monoisotopic (exact) mass is 473 g/mol. The van der Waals surface area contributed by atoms with Crippen molar-refractivity contribution >= 4 is 17.5 Å². The minimum Gasteiger partial charge on any atom is -0.456 e. The van der Waals surface area contributed by atoms with E-state index in [1.807, 2.05) is 6.07 Å². The van der Waals surface area contributed by atoms with E-state index in [-0.39, 0.29) is 17.2 Å². The van der Waals surface area contributed by atoms with Crippen LogP contribution in [0.25, 0.3) is 11.3 Å². The summed E-state index contributed by atoms with van der Waals surface area (Å²) in [4.78, 5) is 25.9. The van der Waals surface area contributed by atoms with Gasteiger partial charge in [-0.3, -0.25) is 14.3 Å². The molecule has 0 atom stereocenters. The lowest BCUT2D eigenvalue weighted by Gasteiger charge is -2.17. The van der Waals surface area contributed by atoms with Gasteiger partial charge in [0.1, 0.15) is 23.1 Å². The second kappa shape index (κ2) is 9.90. The Bertz CT molecular complexity index is 1390. The minimum absolute atomic E-state index is 0.222. The predicted octanol–water partition coefficient (Wildman–Crippen LogP) is 4.34. The lowest BCUT2D eigenvalue weighted by molar-refractivity contribution is 0.407. The van der Waals surface area contributed by atoms with Gasteiger partial charge >= 0.3 is 0 Å². The van der Waals surface area contributed by atoms with Crippen molar-refractivity contribution in [2.45, 2.75) is 12.8 Å². The van der Waals surface area contributed by atoms with Crippen molar-refractivity contribution in [3.8, 4) is 22.8 Å². The molecule has 0 unspecified atom stereocenters. The summed E-state index contributed by atoms with van der Waals surface area (Å²) in [6.07, 6.45) is 7.00. The molecule has 1 saturated heterocycles. The van der Waals surface area contributed by atoms with E-state index in [1.165, 1.54) is 29.7 Å². The van der Waals surface area contributed by atoms with Crippen molar-refractivity contribution in [3.63, 3.8) is 0 Å². The quantitative estimate of drug-likeness (QED) is 0.409. The maximum atomic E-state index is 14.0.